The monoisotopic (exact) mass is 259 g/mol. The molecule has 19 heavy (non-hydrogen) atoms. The van der Waals surface area contributed by atoms with Gasteiger partial charge in [0.25, 0.3) is 6.04 Å². The number of esters is 1. The fourth-order valence-corrected chi connectivity index (χ4v) is 3.46. The Kier molecular flexibility index (Phi) is 2.88. The number of carbonyl (C=O) groups is 1. The number of ether oxygens (including phenoxy) is 1. The van der Waals surface area contributed by atoms with Gasteiger partial charge in [-0.05, 0) is 24.9 Å². The van der Waals surface area contributed by atoms with Gasteiger partial charge < -0.3 is 4.74 Å². The Morgan fingerprint density at radius 1 is 1.42 bits per heavy atom. The van der Waals surface area contributed by atoms with Gasteiger partial charge >= 0.3 is 5.97 Å². The second-order valence-corrected chi connectivity index (χ2v) is 5.60. The van der Waals surface area contributed by atoms with Crippen molar-refractivity contribution in [2.75, 3.05) is 7.11 Å². The van der Waals surface area contributed by atoms with Gasteiger partial charge in [0.2, 0.25) is 5.69 Å². The lowest BCUT2D eigenvalue weighted by atomic mass is 9.85. The second-order valence-electron chi connectivity index (χ2n) is 5.60. The van der Waals surface area contributed by atoms with Crippen LogP contribution in [0, 0.1) is 5.92 Å². The molecule has 0 spiro atoms. The van der Waals surface area contributed by atoms with Gasteiger partial charge in [-0.3, -0.25) is 0 Å². The van der Waals surface area contributed by atoms with Crippen LogP contribution in [0.4, 0.5) is 5.69 Å². The van der Waals surface area contributed by atoms with Crippen LogP contribution in [0.5, 0.6) is 0 Å². The molecular weight excluding hydrogens is 240 g/mol. The summed E-state index contributed by atoms with van der Waals surface area (Å²) in [7, 11) is 1.45. The molecule has 0 amide bonds. The second kappa shape index (κ2) is 4.44. The van der Waals surface area contributed by atoms with Gasteiger partial charge in [-0.2, -0.15) is 0 Å². The van der Waals surface area contributed by atoms with Crippen molar-refractivity contribution in [1.82, 2.24) is 0 Å². The average molecular weight is 259 g/mol. The molecule has 0 saturated heterocycles. The molecule has 1 aromatic carbocycles. The minimum Gasteiger partial charge on any atom is -0.464 e. The molecule has 100 valence electrons. The molecule has 4 heteroatoms. The van der Waals surface area contributed by atoms with E-state index in [2.05, 4.69) is 6.92 Å². The Bertz CT molecular complexity index is 526. The SMILES string of the molecule is COC(=O)[C@H]1[C@H]2CCC[C@]2(C)N=[N+]1c1ccccc1. The highest BCUT2D eigenvalue weighted by atomic mass is 16.5. The zero-order valence-corrected chi connectivity index (χ0v) is 11.4. The maximum atomic E-state index is 12.2. The molecule has 1 aromatic rings. The molecule has 1 aliphatic carbocycles. The molecule has 1 aliphatic heterocycles. The van der Waals surface area contributed by atoms with E-state index in [-0.39, 0.29) is 23.5 Å². The lowest BCUT2D eigenvalue weighted by molar-refractivity contribution is -0.531. The number of hydrogen-bond acceptors (Lipinski definition) is 3. The van der Waals surface area contributed by atoms with Gasteiger partial charge in [-0.25, -0.2) is 4.79 Å². The first-order valence-electron chi connectivity index (χ1n) is 6.81. The van der Waals surface area contributed by atoms with Gasteiger partial charge in [-0.1, -0.05) is 29.3 Å². The third kappa shape index (κ3) is 1.86. The molecule has 2 aliphatic rings. The first-order chi connectivity index (χ1) is 9.15. The van der Waals surface area contributed by atoms with Gasteiger partial charge in [0, 0.05) is 12.1 Å². The summed E-state index contributed by atoms with van der Waals surface area (Å²) in [6.07, 6.45) is 3.23. The molecule has 0 radical (unpaired) electrons. The summed E-state index contributed by atoms with van der Waals surface area (Å²) in [6, 6.07) is 9.61. The Morgan fingerprint density at radius 3 is 2.84 bits per heavy atom. The van der Waals surface area contributed by atoms with Crippen molar-refractivity contribution in [3.8, 4) is 0 Å². The quantitative estimate of drug-likeness (QED) is 0.605. The smallest absolute Gasteiger partial charge is 0.378 e. The van der Waals surface area contributed by atoms with Crippen LogP contribution in [0.1, 0.15) is 26.2 Å². The first kappa shape index (κ1) is 12.3. The minimum atomic E-state index is -0.278. The summed E-state index contributed by atoms with van der Waals surface area (Å²) in [5, 5.41) is 4.84. The van der Waals surface area contributed by atoms with Crippen LogP contribution in [0.25, 0.3) is 0 Å². The number of para-hydroxylation sites is 1. The molecule has 0 bridgehead atoms. The normalized spacial score (nSPS) is 32.8. The third-order valence-corrected chi connectivity index (χ3v) is 4.44. The highest BCUT2D eigenvalue weighted by molar-refractivity contribution is 5.75. The van der Waals surface area contributed by atoms with E-state index in [0.717, 1.165) is 24.9 Å². The minimum absolute atomic E-state index is 0.116. The lowest BCUT2D eigenvalue weighted by Crippen LogP contribution is -2.38. The maximum absolute atomic E-state index is 12.2. The van der Waals surface area contributed by atoms with Crippen molar-refractivity contribution in [1.29, 1.82) is 0 Å². The Labute approximate surface area is 113 Å². The van der Waals surface area contributed by atoms with Crippen molar-refractivity contribution >= 4 is 11.7 Å². The van der Waals surface area contributed by atoms with Crippen LogP contribution in [-0.4, -0.2) is 29.4 Å². The molecule has 3 rings (SSSR count). The van der Waals surface area contributed by atoms with Gasteiger partial charge in [0.1, 0.15) is 5.54 Å². The van der Waals surface area contributed by atoms with Crippen molar-refractivity contribution in [3.05, 3.63) is 30.3 Å². The highest BCUT2D eigenvalue weighted by Gasteiger charge is 2.60. The topological polar surface area (TPSA) is 41.7 Å². The number of nitrogens with zero attached hydrogens (tertiary/aromatic N) is 2. The summed E-state index contributed by atoms with van der Waals surface area (Å²) < 4.78 is 6.87. The Balaban J connectivity index is 2.05. The zero-order chi connectivity index (χ0) is 13.5. The van der Waals surface area contributed by atoms with Gasteiger partial charge in [-0.15, -0.1) is 0 Å². The Hall–Kier alpha value is -1.71. The number of benzene rings is 1. The molecule has 1 saturated carbocycles. The predicted octanol–water partition coefficient (Wildman–Crippen LogP) is 2.90. The molecule has 0 unspecified atom stereocenters. The maximum Gasteiger partial charge on any atom is 0.378 e. The van der Waals surface area contributed by atoms with E-state index in [4.69, 9.17) is 9.85 Å². The lowest BCUT2D eigenvalue weighted by Gasteiger charge is -2.16. The summed E-state index contributed by atoms with van der Waals surface area (Å²) in [4.78, 5) is 12.2. The number of carbonyl (C=O) groups excluding carboxylic acids is 1. The van der Waals surface area contributed by atoms with E-state index in [0.29, 0.717) is 0 Å². The first-order valence-corrected chi connectivity index (χ1v) is 6.81. The highest BCUT2D eigenvalue weighted by Crippen LogP contribution is 2.47. The van der Waals surface area contributed by atoms with E-state index in [1.54, 1.807) is 0 Å². The summed E-state index contributed by atoms with van der Waals surface area (Å²) in [6.45, 7) is 2.16. The predicted molar refractivity (Wildman–Crippen MR) is 70.3 cm³/mol. The third-order valence-electron chi connectivity index (χ3n) is 4.44. The zero-order valence-electron chi connectivity index (χ0n) is 11.4. The van der Waals surface area contributed by atoms with E-state index in [1.807, 2.05) is 35.0 Å². The fraction of sp³-hybridized carbons (Fsp3) is 0.533. The molecule has 3 atom stereocenters. The largest absolute Gasteiger partial charge is 0.464 e. The number of rotatable bonds is 2. The molecular formula is C15H19N2O2+. The summed E-state index contributed by atoms with van der Waals surface area (Å²) >= 11 is 0. The summed E-state index contributed by atoms with van der Waals surface area (Å²) in [5.41, 5.74) is 0.850. The molecule has 0 aromatic heterocycles. The van der Waals surface area contributed by atoms with Crippen LogP contribution in [0.15, 0.2) is 35.4 Å². The Morgan fingerprint density at radius 2 is 2.16 bits per heavy atom. The van der Waals surface area contributed by atoms with Gasteiger partial charge in [0.05, 0.1) is 13.0 Å². The number of methoxy groups -OCH3 is 1. The van der Waals surface area contributed by atoms with E-state index >= 15 is 0 Å². The van der Waals surface area contributed by atoms with Crippen molar-refractivity contribution in [2.24, 2.45) is 11.0 Å². The van der Waals surface area contributed by atoms with Gasteiger partial charge in [0.15, 0.2) is 0 Å². The fourth-order valence-electron chi connectivity index (χ4n) is 3.46. The van der Waals surface area contributed by atoms with Crippen LogP contribution in [0.2, 0.25) is 0 Å². The molecule has 1 heterocycles. The summed E-state index contributed by atoms with van der Waals surface area (Å²) in [5.74, 6) is 0.0865. The molecule has 1 fully saturated rings. The molecule has 0 N–H and O–H groups in total. The van der Waals surface area contributed by atoms with E-state index in [9.17, 15) is 4.79 Å². The number of fused-ring (bicyclic) bond motifs is 1. The average Bonchev–Trinajstić information content (AvgIpc) is 2.92. The van der Waals surface area contributed by atoms with Crippen LogP contribution in [-0.2, 0) is 9.53 Å². The van der Waals surface area contributed by atoms with E-state index in [1.165, 1.54) is 7.11 Å². The number of azo groups is 2. The van der Waals surface area contributed by atoms with Crippen LogP contribution < -0.4 is 0 Å². The van der Waals surface area contributed by atoms with Crippen LogP contribution >= 0.6 is 0 Å². The number of hydrogen-bond donors (Lipinski definition) is 0. The standard InChI is InChI=1S/C15H19N2O2/c1-15-10-6-9-12(15)13(14(18)19-2)17(16-15)11-7-4-3-5-8-11/h3-5,7-8,12-13H,6,9-10H2,1-2H3/q+1/t12-,13-,15+/m1/s1. The van der Waals surface area contributed by atoms with Crippen LogP contribution in [0.3, 0.4) is 0 Å². The molecule has 4 nitrogen and oxygen atoms in total. The van der Waals surface area contributed by atoms with Crippen molar-refractivity contribution in [2.45, 2.75) is 37.8 Å². The van der Waals surface area contributed by atoms with Crippen molar-refractivity contribution in [3.63, 3.8) is 0 Å². The van der Waals surface area contributed by atoms with E-state index < -0.39 is 0 Å². The van der Waals surface area contributed by atoms with Crippen molar-refractivity contribution < 1.29 is 14.2 Å².